The molecule has 0 amide bonds. The van der Waals surface area contributed by atoms with E-state index in [4.69, 9.17) is 4.74 Å². The van der Waals surface area contributed by atoms with Crippen LogP contribution in [0.1, 0.15) is 40.0 Å². The van der Waals surface area contributed by atoms with Crippen LogP contribution >= 0.6 is 0 Å². The van der Waals surface area contributed by atoms with E-state index in [1.54, 1.807) is 0 Å². The Morgan fingerprint density at radius 2 is 2.12 bits per heavy atom. The van der Waals surface area contributed by atoms with Gasteiger partial charge in [0, 0.05) is 12.3 Å². The molecule has 2 bridgehead atoms. The lowest BCUT2D eigenvalue weighted by Crippen LogP contribution is -2.60. The molecule has 2 fully saturated rings. The van der Waals surface area contributed by atoms with Crippen molar-refractivity contribution in [2.24, 2.45) is 11.8 Å². The summed E-state index contributed by atoms with van der Waals surface area (Å²) in [5.74, 6) is -0.0545. The molecule has 0 saturated carbocycles. The molecule has 0 aromatic heterocycles. The lowest BCUT2D eigenvalue weighted by molar-refractivity contribution is -0.236. The van der Waals surface area contributed by atoms with E-state index in [9.17, 15) is 15.0 Å². The summed E-state index contributed by atoms with van der Waals surface area (Å²) in [6.45, 7) is 5.52. The van der Waals surface area contributed by atoms with Crippen LogP contribution in [0.3, 0.4) is 0 Å². The smallest absolute Gasteiger partial charge is 0.130 e. The van der Waals surface area contributed by atoms with Crippen molar-refractivity contribution in [3.63, 3.8) is 0 Å². The van der Waals surface area contributed by atoms with E-state index in [1.165, 1.54) is 6.92 Å². The fourth-order valence-electron chi connectivity index (χ4n) is 3.38. The van der Waals surface area contributed by atoms with Crippen molar-refractivity contribution in [2.75, 3.05) is 0 Å². The van der Waals surface area contributed by atoms with Gasteiger partial charge in [-0.25, -0.2) is 0 Å². The van der Waals surface area contributed by atoms with Crippen LogP contribution in [-0.2, 0) is 9.53 Å². The first-order valence-electron chi connectivity index (χ1n) is 6.42. The van der Waals surface area contributed by atoms with E-state index in [-0.39, 0.29) is 30.1 Å². The van der Waals surface area contributed by atoms with E-state index in [2.05, 4.69) is 0 Å². The standard InChI is InChI=1S/C13H22O4/c1-7(2)13-5-4-10(17-13)9(6-8(3)14)11(15)12(13)16/h7,9-12,15-16H,4-6H2,1-3H3/t9-,10+,11+,12+,13+/m0/s1. The second-order valence-electron chi connectivity index (χ2n) is 5.81. The Hall–Kier alpha value is -0.450. The molecule has 4 nitrogen and oxygen atoms in total. The Morgan fingerprint density at radius 1 is 1.47 bits per heavy atom. The van der Waals surface area contributed by atoms with Gasteiger partial charge in [0.05, 0.1) is 17.8 Å². The fourth-order valence-corrected chi connectivity index (χ4v) is 3.38. The maximum Gasteiger partial charge on any atom is 0.130 e. The highest BCUT2D eigenvalue weighted by Gasteiger charge is 2.58. The lowest BCUT2D eigenvalue weighted by atomic mass is 9.77. The maximum atomic E-state index is 11.2. The number of Topliss-reactive ketones (excluding diaryl/α,β-unsaturated/α-hetero) is 1. The SMILES string of the molecule is CC(=O)C[C@@H]1[C@@H](O)[C@@H](O)[C@]2(C(C)C)CC[C@H]1O2. The summed E-state index contributed by atoms with van der Waals surface area (Å²) in [5, 5.41) is 20.5. The van der Waals surface area contributed by atoms with Gasteiger partial charge in [0.1, 0.15) is 11.9 Å². The van der Waals surface area contributed by atoms with Gasteiger partial charge in [-0.05, 0) is 25.7 Å². The van der Waals surface area contributed by atoms with Gasteiger partial charge in [0.25, 0.3) is 0 Å². The van der Waals surface area contributed by atoms with Crippen LogP contribution in [0.5, 0.6) is 0 Å². The minimum atomic E-state index is -0.884. The number of fused-ring (bicyclic) bond motifs is 2. The molecule has 2 aliphatic heterocycles. The molecule has 0 aromatic carbocycles. The van der Waals surface area contributed by atoms with E-state index in [0.29, 0.717) is 0 Å². The van der Waals surface area contributed by atoms with E-state index in [1.807, 2.05) is 13.8 Å². The third-order valence-corrected chi connectivity index (χ3v) is 4.43. The van der Waals surface area contributed by atoms with Crippen LogP contribution in [-0.4, -0.2) is 39.9 Å². The molecule has 5 atom stereocenters. The van der Waals surface area contributed by atoms with Crippen molar-refractivity contribution in [1.29, 1.82) is 0 Å². The quantitative estimate of drug-likeness (QED) is 0.771. The van der Waals surface area contributed by atoms with Gasteiger partial charge in [-0.15, -0.1) is 0 Å². The summed E-state index contributed by atoms with van der Waals surface area (Å²) < 4.78 is 5.98. The first kappa shape index (κ1) is 13.0. The fraction of sp³-hybridized carbons (Fsp3) is 0.923. The highest BCUT2D eigenvalue weighted by Crippen LogP contribution is 2.49. The minimum absolute atomic E-state index is 0.0359. The Labute approximate surface area is 102 Å². The van der Waals surface area contributed by atoms with Crippen LogP contribution in [0.25, 0.3) is 0 Å². The first-order chi connectivity index (χ1) is 7.88. The second-order valence-corrected chi connectivity index (χ2v) is 5.81. The second kappa shape index (κ2) is 4.34. The number of ketones is 1. The van der Waals surface area contributed by atoms with Crippen molar-refractivity contribution in [1.82, 2.24) is 0 Å². The Balaban J connectivity index is 2.22. The third kappa shape index (κ3) is 1.92. The molecular formula is C13H22O4. The van der Waals surface area contributed by atoms with Gasteiger partial charge in [0.2, 0.25) is 0 Å². The van der Waals surface area contributed by atoms with Crippen LogP contribution in [0.4, 0.5) is 0 Å². The predicted octanol–water partition coefficient (Wildman–Crippen LogP) is 0.891. The van der Waals surface area contributed by atoms with Gasteiger partial charge >= 0.3 is 0 Å². The van der Waals surface area contributed by atoms with Crippen molar-refractivity contribution >= 4 is 5.78 Å². The zero-order chi connectivity index (χ0) is 12.8. The molecule has 0 aromatic rings. The largest absolute Gasteiger partial charge is 0.390 e. The molecule has 2 N–H and O–H groups in total. The van der Waals surface area contributed by atoms with Gasteiger partial charge in [0.15, 0.2) is 0 Å². The lowest BCUT2D eigenvalue weighted by Gasteiger charge is -2.47. The summed E-state index contributed by atoms with van der Waals surface area (Å²) in [5.41, 5.74) is -0.614. The third-order valence-electron chi connectivity index (χ3n) is 4.43. The molecule has 98 valence electrons. The normalized spacial score (nSPS) is 45.3. The number of hydrogen-bond donors (Lipinski definition) is 2. The molecule has 2 saturated heterocycles. The molecule has 0 unspecified atom stereocenters. The zero-order valence-electron chi connectivity index (χ0n) is 10.7. The first-order valence-corrected chi connectivity index (χ1v) is 6.42. The van der Waals surface area contributed by atoms with E-state index >= 15 is 0 Å². The summed E-state index contributed by atoms with van der Waals surface area (Å²) in [4.78, 5) is 11.2. The number of rotatable bonds is 3. The molecule has 2 rings (SSSR count). The molecule has 2 aliphatic rings. The molecule has 0 aliphatic carbocycles. The molecule has 17 heavy (non-hydrogen) atoms. The van der Waals surface area contributed by atoms with Gasteiger partial charge < -0.3 is 19.7 Å². The summed E-state index contributed by atoms with van der Waals surface area (Å²) in [7, 11) is 0. The zero-order valence-corrected chi connectivity index (χ0v) is 10.7. The predicted molar refractivity (Wildman–Crippen MR) is 62.5 cm³/mol. The topological polar surface area (TPSA) is 66.8 Å². The van der Waals surface area contributed by atoms with Crippen molar-refractivity contribution in [3.8, 4) is 0 Å². The minimum Gasteiger partial charge on any atom is -0.390 e. The van der Waals surface area contributed by atoms with Crippen molar-refractivity contribution in [3.05, 3.63) is 0 Å². The molecule has 0 spiro atoms. The number of aliphatic hydroxyl groups excluding tert-OH is 2. The molecule has 4 heteroatoms. The molecule has 0 radical (unpaired) electrons. The Kier molecular flexibility index (Phi) is 3.31. The van der Waals surface area contributed by atoms with Crippen LogP contribution < -0.4 is 0 Å². The Morgan fingerprint density at radius 3 is 2.65 bits per heavy atom. The number of ether oxygens (including phenoxy) is 1. The average molecular weight is 242 g/mol. The van der Waals surface area contributed by atoms with Gasteiger partial charge in [-0.2, -0.15) is 0 Å². The van der Waals surface area contributed by atoms with E-state index in [0.717, 1.165) is 12.8 Å². The van der Waals surface area contributed by atoms with Crippen molar-refractivity contribution < 1.29 is 19.7 Å². The number of aliphatic hydroxyl groups is 2. The van der Waals surface area contributed by atoms with Crippen LogP contribution in [0.2, 0.25) is 0 Å². The van der Waals surface area contributed by atoms with Crippen molar-refractivity contribution in [2.45, 2.75) is 63.9 Å². The summed E-state index contributed by atoms with van der Waals surface area (Å²) in [6, 6.07) is 0. The number of hydrogen-bond acceptors (Lipinski definition) is 4. The van der Waals surface area contributed by atoms with Gasteiger partial charge in [-0.3, -0.25) is 0 Å². The van der Waals surface area contributed by atoms with E-state index < -0.39 is 17.8 Å². The number of carbonyl (C=O) groups excluding carboxylic acids is 1. The highest BCUT2D eigenvalue weighted by atomic mass is 16.5. The monoisotopic (exact) mass is 242 g/mol. The highest BCUT2D eigenvalue weighted by molar-refractivity contribution is 5.75. The summed E-state index contributed by atoms with van der Waals surface area (Å²) >= 11 is 0. The molecular weight excluding hydrogens is 220 g/mol. The Bertz CT molecular complexity index is 315. The van der Waals surface area contributed by atoms with Gasteiger partial charge in [-0.1, -0.05) is 13.8 Å². The molecule has 2 heterocycles. The average Bonchev–Trinajstić information content (AvgIpc) is 2.65. The van der Waals surface area contributed by atoms with Crippen LogP contribution in [0, 0.1) is 11.8 Å². The number of carbonyl (C=O) groups is 1. The maximum absolute atomic E-state index is 11.2. The summed E-state index contributed by atoms with van der Waals surface area (Å²) in [6.07, 6.45) is 0.0661. The van der Waals surface area contributed by atoms with Crippen LogP contribution in [0.15, 0.2) is 0 Å².